The summed E-state index contributed by atoms with van der Waals surface area (Å²) in [6.45, 7) is 10.4. The molecule has 0 atom stereocenters. The summed E-state index contributed by atoms with van der Waals surface area (Å²) >= 11 is 3.53. The minimum absolute atomic E-state index is 0.0198. The van der Waals surface area contributed by atoms with Gasteiger partial charge in [-0.1, -0.05) is 5.21 Å². The first-order valence-electron chi connectivity index (χ1n) is 11.3. The molecule has 0 bridgehead atoms. The van der Waals surface area contributed by atoms with E-state index in [0.29, 0.717) is 13.2 Å². The Kier molecular flexibility index (Phi) is 16.6. The zero-order valence-corrected chi connectivity index (χ0v) is 20.3. The second kappa shape index (κ2) is 18.8. The molecule has 11 nitrogen and oxygen atoms in total. The summed E-state index contributed by atoms with van der Waals surface area (Å²) in [7, 11) is 0. The number of esters is 1. The van der Waals surface area contributed by atoms with Crippen LogP contribution in [0.2, 0.25) is 0 Å². The fourth-order valence-electron chi connectivity index (χ4n) is 3.13. The molecule has 1 aromatic heterocycles. The molecular weight excluding hydrogens is 432 g/mol. The molecule has 2 rings (SSSR count). The van der Waals surface area contributed by atoms with Gasteiger partial charge in [0.15, 0.2) is 0 Å². The Labute approximate surface area is 196 Å². The maximum atomic E-state index is 12.0. The Morgan fingerprint density at radius 1 is 1.06 bits per heavy atom. The van der Waals surface area contributed by atoms with Gasteiger partial charge in [0.1, 0.15) is 13.1 Å². The smallest absolute Gasteiger partial charge is 0.325 e. The number of amides is 1. The van der Waals surface area contributed by atoms with Crippen LogP contribution in [0.4, 0.5) is 0 Å². The predicted octanol–water partition coefficient (Wildman–Crippen LogP) is -1.13. The van der Waals surface area contributed by atoms with Crippen LogP contribution in [0, 0.1) is 0 Å². The highest BCUT2D eigenvalue weighted by molar-refractivity contribution is 7.79. The Morgan fingerprint density at radius 2 is 1.75 bits per heavy atom. The first kappa shape index (κ1) is 28.3. The van der Waals surface area contributed by atoms with Crippen molar-refractivity contribution in [2.75, 3.05) is 71.8 Å². The summed E-state index contributed by atoms with van der Waals surface area (Å²) in [4.78, 5) is 25.6. The van der Waals surface area contributed by atoms with E-state index in [4.69, 9.17) is 4.74 Å². The molecule has 1 fully saturated rings. The van der Waals surface area contributed by atoms with Crippen molar-refractivity contribution in [3.8, 4) is 0 Å². The Bertz CT molecular complexity index is 618. The monoisotopic (exact) mass is 472 g/mol. The van der Waals surface area contributed by atoms with Crippen molar-refractivity contribution >= 4 is 24.5 Å². The summed E-state index contributed by atoms with van der Waals surface area (Å²) in [5, 5.41) is 21.1. The van der Waals surface area contributed by atoms with Crippen LogP contribution in [0.15, 0.2) is 6.20 Å². The van der Waals surface area contributed by atoms with Gasteiger partial charge in [-0.25, -0.2) is 4.68 Å². The molecule has 32 heavy (non-hydrogen) atoms. The standard InChI is InChI=1S/C19H36N8O3.CH4S/c1-2-30-19(29)13-23-18(28)16-27-15-17(24-25-27)14-26-11-4-7-21-9-8-20-5-3-6-22-10-12-26;1-2/h15,20-22H,2-14,16H2,1H3,(H,23,28);2H,1H3. The number of hydrogen-bond acceptors (Lipinski definition) is 10. The zero-order chi connectivity index (χ0) is 23.4. The molecule has 1 aliphatic rings. The number of hydrogen-bond donors (Lipinski definition) is 5. The molecule has 0 unspecified atom stereocenters. The van der Waals surface area contributed by atoms with Gasteiger partial charge in [-0.15, -0.1) is 5.10 Å². The van der Waals surface area contributed by atoms with Gasteiger partial charge in [0.2, 0.25) is 5.91 Å². The fourth-order valence-corrected chi connectivity index (χ4v) is 3.13. The third kappa shape index (κ3) is 13.6. The average molecular weight is 473 g/mol. The van der Waals surface area contributed by atoms with Gasteiger partial charge in [-0.05, 0) is 52.2 Å². The van der Waals surface area contributed by atoms with E-state index in [1.807, 2.05) is 0 Å². The first-order chi connectivity index (χ1) is 15.7. The topological polar surface area (TPSA) is 125 Å². The molecule has 0 spiro atoms. The normalized spacial score (nSPS) is 16.8. The van der Waals surface area contributed by atoms with Crippen molar-refractivity contribution in [2.45, 2.75) is 32.9 Å². The number of carbonyl (C=O) groups excluding carboxylic acids is 2. The number of rotatable bonds is 7. The molecule has 1 amide bonds. The van der Waals surface area contributed by atoms with E-state index >= 15 is 0 Å². The van der Waals surface area contributed by atoms with E-state index < -0.39 is 5.97 Å². The lowest BCUT2D eigenvalue weighted by Gasteiger charge is -2.22. The van der Waals surface area contributed by atoms with Crippen LogP contribution in [0.25, 0.3) is 0 Å². The van der Waals surface area contributed by atoms with Gasteiger partial charge in [-0.2, -0.15) is 12.6 Å². The van der Waals surface area contributed by atoms with Crippen molar-refractivity contribution < 1.29 is 14.3 Å². The summed E-state index contributed by atoms with van der Waals surface area (Å²) in [6, 6.07) is 0. The maximum absolute atomic E-state index is 12.0. The highest BCUT2D eigenvalue weighted by Gasteiger charge is 2.12. The molecule has 0 aromatic carbocycles. The Hall–Kier alpha value is -1.73. The van der Waals surface area contributed by atoms with Crippen molar-refractivity contribution in [3.63, 3.8) is 0 Å². The van der Waals surface area contributed by atoms with Crippen molar-refractivity contribution in [1.82, 2.24) is 41.2 Å². The summed E-state index contributed by atoms with van der Waals surface area (Å²) in [5.41, 5.74) is 0.825. The van der Waals surface area contributed by atoms with E-state index in [1.165, 1.54) is 4.68 Å². The molecule has 0 saturated carbocycles. The van der Waals surface area contributed by atoms with E-state index in [0.717, 1.165) is 70.9 Å². The van der Waals surface area contributed by atoms with Gasteiger partial charge in [-0.3, -0.25) is 14.5 Å². The lowest BCUT2D eigenvalue weighted by atomic mass is 10.3. The van der Waals surface area contributed by atoms with Gasteiger partial charge in [0, 0.05) is 32.7 Å². The highest BCUT2D eigenvalue weighted by Crippen LogP contribution is 2.02. The molecule has 12 heteroatoms. The van der Waals surface area contributed by atoms with Crippen LogP contribution in [0.1, 0.15) is 25.5 Å². The number of carbonyl (C=O) groups is 2. The van der Waals surface area contributed by atoms with Crippen molar-refractivity contribution in [3.05, 3.63) is 11.9 Å². The third-order valence-electron chi connectivity index (χ3n) is 4.63. The molecule has 184 valence electrons. The minimum Gasteiger partial charge on any atom is -0.465 e. The van der Waals surface area contributed by atoms with E-state index in [2.05, 4.69) is 49.1 Å². The molecule has 0 radical (unpaired) electrons. The van der Waals surface area contributed by atoms with Crippen molar-refractivity contribution in [2.24, 2.45) is 0 Å². The molecule has 2 heterocycles. The van der Waals surface area contributed by atoms with E-state index in [9.17, 15) is 9.59 Å². The van der Waals surface area contributed by atoms with Gasteiger partial charge in [0.05, 0.1) is 18.5 Å². The molecular formula is C20H40N8O3S. The lowest BCUT2D eigenvalue weighted by Crippen LogP contribution is -2.36. The maximum Gasteiger partial charge on any atom is 0.325 e. The summed E-state index contributed by atoms with van der Waals surface area (Å²) < 4.78 is 6.28. The summed E-state index contributed by atoms with van der Waals surface area (Å²) in [6.07, 6.45) is 5.66. The van der Waals surface area contributed by atoms with Gasteiger partial charge < -0.3 is 26.0 Å². The minimum atomic E-state index is -0.453. The number of nitrogens with one attached hydrogen (secondary N) is 4. The van der Waals surface area contributed by atoms with Crippen molar-refractivity contribution in [1.29, 1.82) is 0 Å². The molecule has 1 aromatic rings. The lowest BCUT2D eigenvalue weighted by molar-refractivity contribution is -0.143. The van der Waals surface area contributed by atoms with Crippen LogP contribution in [-0.2, 0) is 27.4 Å². The molecule has 0 aliphatic carbocycles. The third-order valence-corrected chi connectivity index (χ3v) is 4.63. The quantitative estimate of drug-likeness (QED) is 0.248. The predicted molar refractivity (Wildman–Crippen MR) is 128 cm³/mol. The number of ether oxygens (including phenoxy) is 1. The van der Waals surface area contributed by atoms with E-state index in [1.54, 1.807) is 19.4 Å². The molecule has 4 N–H and O–H groups in total. The van der Waals surface area contributed by atoms with Crippen LogP contribution >= 0.6 is 12.6 Å². The van der Waals surface area contributed by atoms with Crippen LogP contribution in [-0.4, -0.2) is 104 Å². The van der Waals surface area contributed by atoms with Crippen LogP contribution in [0.5, 0.6) is 0 Å². The second-order valence-electron chi connectivity index (χ2n) is 7.22. The SMILES string of the molecule is CCOC(=O)CNC(=O)Cn1cc(CN2CCCNCCNCCCNCC2)nn1.CS. The fraction of sp³-hybridized carbons (Fsp3) is 0.800. The number of aromatic nitrogens is 3. The Balaban J connectivity index is 0.00000249. The average Bonchev–Trinajstić information content (AvgIpc) is 3.23. The highest BCUT2D eigenvalue weighted by atomic mass is 32.1. The number of thiol groups is 1. The summed E-state index contributed by atoms with van der Waals surface area (Å²) in [5.74, 6) is -0.756. The second-order valence-corrected chi connectivity index (χ2v) is 7.22. The Morgan fingerprint density at radius 3 is 2.47 bits per heavy atom. The largest absolute Gasteiger partial charge is 0.465 e. The van der Waals surface area contributed by atoms with E-state index in [-0.39, 0.29) is 19.0 Å². The van der Waals surface area contributed by atoms with Gasteiger partial charge in [0.25, 0.3) is 0 Å². The first-order valence-corrected chi connectivity index (χ1v) is 12.2. The number of nitrogens with zero attached hydrogens (tertiary/aromatic N) is 4. The zero-order valence-electron chi connectivity index (χ0n) is 19.4. The van der Waals surface area contributed by atoms with Crippen LogP contribution in [0.3, 0.4) is 0 Å². The molecule has 1 saturated heterocycles. The van der Waals surface area contributed by atoms with Gasteiger partial charge >= 0.3 is 5.97 Å². The van der Waals surface area contributed by atoms with Crippen LogP contribution < -0.4 is 21.3 Å². The molecule has 1 aliphatic heterocycles.